The van der Waals surface area contributed by atoms with Gasteiger partial charge in [0.1, 0.15) is 24.3 Å². The molecular weight excluding hydrogens is 276 g/mol. The van der Waals surface area contributed by atoms with Crippen molar-refractivity contribution in [3.8, 4) is 16.9 Å². The Morgan fingerprint density at radius 1 is 1.00 bits per heavy atom. The number of furan rings is 1. The van der Waals surface area contributed by atoms with E-state index in [0.717, 1.165) is 27.8 Å². The van der Waals surface area contributed by atoms with Gasteiger partial charge in [-0.15, -0.1) is 0 Å². The normalized spacial score (nSPS) is 11.1. The Balaban J connectivity index is 1.97. The topological polar surface area (TPSA) is 51.2 Å². The molecule has 0 saturated heterocycles. The number of fused-ring (bicyclic) bond motifs is 1. The molecule has 2 heterocycles. The molecule has 0 bridgehead atoms. The third-order valence-electron chi connectivity index (χ3n) is 3.67. The van der Waals surface area contributed by atoms with Crippen molar-refractivity contribution in [1.82, 2.24) is 9.78 Å². The van der Waals surface area contributed by atoms with Crippen LogP contribution in [0.5, 0.6) is 0 Å². The Kier molecular flexibility index (Phi) is 3.02. The van der Waals surface area contributed by atoms with E-state index in [4.69, 9.17) is 9.52 Å². The molecule has 22 heavy (non-hydrogen) atoms. The second-order valence-corrected chi connectivity index (χ2v) is 5.07. The number of nitrogens with zero attached hydrogens (tertiary/aromatic N) is 2. The molecule has 4 aromatic rings. The molecule has 4 heteroatoms. The summed E-state index contributed by atoms with van der Waals surface area (Å²) >= 11 is 0. The van der Waals surface area contributed by atoms with E-state index in [0.29, 0.717) is 5.76 Å². The van der Waals surface area contributed by atoms with Crippen molar-refractivity contribution in [2.75, 3.05) is 0 Å². The van der Waals surface area contributed by atoms with Crippen LogP contribution in [-0.4, -0.2) is 14.9 Å². The van der Waals surface area contributed by atoms with Gasteiger partial charge in [-0.2, -0.15) is 5.10 Å². The van der Waals surface area contributed by atoms with Crippen molar-refractivity contribution in [3.05, 3.63) is 72.7 Å². The monoisotopic (exact) mass is 290 g/mol. The molecule has 0 atom stereocenters. The molecule has 2 aromatic carbocycles. The molecular formula is C18H14N2O2. The van der Waals surface area contributed by atoms with Gasteiger partial charge in [0.25, 0.3) is 0 Å². The van der Waals surface area contributed by atoms with Gasteiger partial charge < -0.3 is 9.52 Å². The van der Waals surface area contributed by atoms with Crippen molar-refractivity contribution in [1.29, 1.82) is 0 Å². The number of aliphatic hydroxyl groups is 1. The van der Waals surface area contributed by atoms with E-state index in [9.17, 15) is 5.11 Å². The Labute approximate surface area is 127 Å². The zero-order valence-corrected chi connectivity index (χ0v) is 11.8. The number of hydrogen-bond donors (Lipinski definition) is 1. The first-order valence-corrected chi connectivity index (χ1v) is 7.08. The van der Waals surface area contributed by atoms with Crippen LogP contribution < -0.4 is 0 Å². The Hall–Kier alpha value is -2.85. The minimum absolute atomic E-state index is 0.114. The highest BCUT2D eigenvalue weighted by molar-refractivity contribution is 5.94. The van der Waals surface area contributed by atoms with Crippen molar-refractivity contribution < 1.29 is 9.52 Å². The van der Waals surface area contributed by atoms with Crippen LogP contribution in [0.3, 0.4) is 0 Å². The van der Waals surface area contributed by atoms with E-state index in [1.165, 1.54) is 0 Å². The zero-order chi connectivity index (χ0) is 14.9. The zero-order valence-electron chi connectivity index (χ0n) is 11.8. The summed E-state index contributed by atoms with van der Waals surface area (Å²) in [6.07, 6.45) is 1.63. The van der Waals surface area contributed by atoms with Gasteiger partial charge in [0, 0.05) is 10.9 Å². The molecule has 0 aliphatic heterocycles. The smallest absolute Gasteiger partial charge is 0.129 e. The largest absolute Gasteiger partial charge is 0.466 e. The first kappa shape index (κ1) is 12.9. The van der Waals surface area contributed by atoms with Gasteiger partial charge in [-0.05, 0) is 24.3 Å². The molecule has 1 N–H and O–H groups in total. The van der Waals surface area contributed by atoms with E-state index in [2.05, 4.69) is 0 Å². The molecule has 0 radical (unpaired) electrons. The summed E-state index contributed by atoms with van der Waals surface area (Å²) in [6.45, 7) is -0.114. The van der Waals surface area contributed by atoms with E-state index in [-0.39, 0.29) is 6.61 Å². The second kappa shape index (κ2) is 5.16. The third kappa shape index (κ3) is 2.01. The number of aromatic nitrogens is 2. The minimum Gasteiger partial charge on any atom is -0.466 e. The van der Waals surface area contributed by atoms with Crippen LogP contribution in [0, 0.1) is 0 Å². The van der Waals surface area contributed by atoms with Crippen molar-refractivity contribution in [3.63, 3.8) is 0 Å². The van der Waals surface area contributed by atoms with Crippen molar-refractivity contribution in [2.24, 2.45) is 0 Å². The lowest BCUT2D eigenvalue weighted by molar-refractivity contribution is 0.247. The Morgan fingerprint density at radius 3 is 2.55 bits per heavy atom. The van der Waals surface area contributed by atoms with Gasteiger partial charge in [0.15, 0.2) is 0 Å². The molecule has 2 aromatic heterocycles. The second-order valence-electron chi connectivity index (χ2n) is 5.07. The van der Waals surface area contributed by atoms with E-state index >= 15 is 0 Å². The van der Waals surface area contributed by atoms with E-state index in [1.807, 2.05) is 65.3 Å². The molecule has 0 spiro atoms. The first-order valence-electron chi connectivity index (χ1n) is 7.08. The van der Waals surface area contributed by atoms with Crippen LogP contribution in [0.2, 0.25) is 0 Å². The van der Waals surface area contributed by atoms with E-state index in [1.54, 1.807) is 6.26 Å². The van der Waals surface area contributed by atoms with Crippen LogP contribution in [0.4, 0.5) is 0 Å². The molecule has 0 aliphatic carbocycles. The maximum Gasteiger partial charge on any atom is 0.129 e. The maximum absolute atomic E-state index is 9.17. The highest BCUT2D eigenvalue weighted by Gasteiger charge is 2.14. The van der Waals surface area contributed by atoms with Gasteiger partial charge in [0.2, 0.25) is 0 Å². The molecule has 4 rings (SSSR count). The number of para-hydroxylation sites is 2. The number of hydrogen-bond acceptors (Lipinski definition) is 3. The van der Waals surface area contributed by atoms with Crippen LogP contribution in [-0.2, 0) is 6.61 Å². The lowest BCUT2D eigenvalue weighted by Gasteiger charge is -2.02. The van der Waals surface area contributed by atoms with Crippen molar-refractivity contribution in [2.45, 2.75) is 6.61 Å². The quantitative estimate of drug-likeness (QED) is 0.624. The predicted molar refractivity (Wildman–Crippen MR) is 84.7 cm³/mol. The standard InChI is InChI=1S/C18H14N2O2/c21-11-15-10-13(12-22-15)18-16-8-4-5-9-17(16)20(19-18)14-6-2-1-3-7-14/h1-10,12,21H,11H2. The summed E-state index contributed by atoms with van der Waals surface area (Å²) < 4.78 is 7.26. The maximum atomic E-state index is 9.17. The molecule has 108 valence electrons. The minimum atomic E-state index is -0.114. The van der Waals surface area contributed by atoms with Crippen molar-refractivity contribution >= 4 is 10.9 Å². The lowest BCUT2D eigenvalue weighted by atomic mass is 10.1. The highest BCUT2D eigenvalue weighted by Crippen LogP contribution is 2.30. The summed E-state index contributed by atoms with van der Waals surface area (Å²) in [4.78, 5) is 0. The summed E-state index contributed by atoms with van der Waals surface area (Å²) in [5, 5.41) is 15.0. The molecule has 0 saturated carbocycles. The average Bonchev–Trinajstić information content (AvgIpc) is 3.20. The molecule has 0 fully saturated rings. The van der Waals surface area contributed by atoms with Gasteiger partial charge in [-0.1, -0.05) is 36.4 Å². The SMILES string of the molecule is OCc1cc(-c2nn(-c3ccccc3)c3ccccc23)co1. The number of rotatable bonds is 3. The Morgan fingerprint density at radius 2 is 1.77 bits per heavy atom. The van der Waals surface area contributed by atoms with Crippen LogP contribution in [0.25, 0.3) is 27.8 Å². The van der Waals surface area contributed by atoms with Crippen LogP contribution >= 0.6 is 0 Å². The molecule has 0 unspecified atom stereocenters. The lowest BCUT2D eigenvalue weighted by Crippen LogP contribution is -1.95. The molecule has 0 aliphatic rings. The predicted octanol–water partition coefficient (Wildman–Crippen LogP) is 3.78. The summed E-state index contributed by atoms with van der Waals surface area (Å²) in [5.41, 5.74) is 3.77. The first-order chi connectivity index (χ1) is 10.9. The summed E-state index contributed by atoms with van der Waals surface area (Å²) in [6, 6.07) is 19.9. The number of aliphatic hydroxyl groups excluding tert-OH is 1. The number of benzene rings is 2. The highest BCUT2D eigenvalue weighted by atomic mass is 16.4. The molecule has 4 nitrogen and oxygen atoms in total. The fraction of sp³-hybridized carbons (Fsp3) is 0.0556. The van der Waals surface area contributed by atoms with Gasteiger partial charge >= 0.3 is 0 Å². The fourth-order valence-corrected chi connectivity index (χ4v) is 2.63. The summed E-state index contributed by atoms with van der Waals surface area (Å²) in [7, 11) is 0. The van der Waals surface area contributed by atoms with Crippen LogP contribution in [0.1, 0.15) is 5.76 Å². The third-order valence-corrected chi connectivity index (χ3v) is 3.67. The van der Waals surface area contributed by atoms with Crippen LogP contribution in [0.15, 0.2) is 71.3 Å². The fourth-order valence-electron chi connectivity index (χ4n) is 2.63. The Bertz CT molecular complexity index is 923. The van der Waals surface area contributed by atoms with E-state index < -0.39 is 0 Å². The average molecular weight is 290 g/mol. The molecule has 0 amide bonds. The van der Waals surface area contributed by atoms with Gasteiger partial charge in [-0.25, -0.2) is 4.68 Å². The summed E-state index contributed by atoms with van der Waals surface area (Å²) in [5.74, 6) is 0.536. The van der Waals surface area contributed by atoms with Gasteiger partial charge in [-0.3, -0.25) is 0 Å². The van der Waals surface area contributed by atoms with Gasteiger partial charge in [0.05, 0.1) is 11.2 Å².